The third-order valence-electron chi connectivity index (χ3n) is 2.21. The van der Waals surface area contributed by atoms with Crippen molar-refractivity contribution in [2.24, 2.45) is 0 Å². The largest absolute Gasteiger partial charge is 0.392 e. The zero-order valence-corrected chi connectivity index (χ0v) is 8.74. The molecule has 1 rings (SSSR count). The molecule has 0 spiro atoms. The molecule has 0 fully saturated rings. The van der Waals surface area contributed by atoms with Crippen LogP contribution in [0.4, 0.5) is 0 Å². The zero-order chi connectivity index (χ0) is 10.2. The molecule has 1 heteroatoms. The van der Waals surface area contributed by atoms with Gasteiger partial charge in [0.25, 0.3) is 0 Å². The Hall–Kier alpha value is -1.08. The van der Waals surface area contributed by atoms with Crippen LogP contribution in [0.3, 0.4) is 0 Å². The Kier molecular flexibility index (Phi) is 5.02. The topological polar surface area (TPSA) is 20.2 Å². The van der Waals surface area contributed by atoms with Crippen LogP contribution < -0.4 is 0 Å². The molecule has 0 radical (unpaired) electrons. The molecule has 0 amide bonds. The second-order valence-corrected chi connectivity index (χ2v) is 3.43. The van der Waals surface area contributed by atoms with E-state index in [-0.39, 0.29) is 6.61 Å². The van der Waals surface area contributed by atoms with Crippen molar-refractivity contribution in [1.29, 1.82) is 0 Å². The third kappa shape index (κ3) is 3.75. The Bertz CT molecular complexity index is 272. The number of benzene rings is 1. The molecule has 0 saturated carbocycles. The van der Waals surface area contributed by atoms with Crippen LogP contribution in [0.2, 0.25) is 0 Å². The maximum atomic E-state index is 8.61. The molecule has 0 aromatic heterocycles. The molecule has 0 aliphatic heterocycles. The van der Waals surface area contributed by atoms with Crippen LogP contribution >= 0.6 is 0 Å². The minimum Gasteiger partial charge on any atom is -0.392 e. The Balaban J connectivity index is 2.54. The summed E-state index contributed by atoms with van der Waals surface area (Å²) in [5, 5.41) is 8.61. The molecule has 0 atom stereocenters. The fourth-order valence-electron chi connectivity index (χ4n) is 1.37. The highest BCUT2D eigenvalue weighted by Gasteiger charge is 1.91. The molecule has 1 aromatic carbocycles. The molecule has 0 unspecified atom stereocenters. The van der Waals surface area contributed by atoms with Gasteiger partial charge in [-0.25, -0.2) is 0 Å². The summed E-state index contributed by atoms with van der Waals surface area (Å²) < 4.78 is 0. The lowest BCUT2D eigenvalue weighted by molar-refractivity contribution is 0.343. The number of aliphatic hydroxyl groups excluding tert-OH is 1. The maximum absolute atomic E-state index is 8.61. The Morgan fingerprint density at radius 2 is 1.93 bits per heavy atom. The lowest BCUT2D eigenvalue weighted by Crippen LogP contribution is -1.84. The zero-order valence-electron chi connectivity index (χ0n) is 8.74. The summed E-state index contributed by atoms with van der Waals surface area (Å²) in [4.78, 5) is 0. The van der Waals surface area contributed by atoms with Crippen LogP contribution in [0, 0.1) is 0 Å². The second-order valence-electron chi connectivity index (χ2n) is 3.43. The van der Waals surface area contributed by atoms with Gasteiger partial charge >= 0.3 is 0 Å². The summed E-state index contributed by atoms with van der Waals surface area (Å²) in [6.45, 7) is 2.32. The summed E-state index contributed by atoms with van der Waals surface area (Å²) in [7, 11) is 0. The SMILES string of the molecule is CCCCc1ccc(C=CCO)cc1. The first-order chi connectivity index (χ1) is 6.86. The average Bonchev–Trinajstić information content (AvgIpc) is 2.25. The highest BCUT2D eigenvalue weighted by molar-refractivity contribution is 5.49. The molecular formula is C13H18O. The number of hydrogen-bond acceptors (Lipinski definition) is 1. The molecule has 0 aliphatic rings. The molecule has 0 aliphatic carbocycles. The molecule has 14 heavy (non-hydrogen) atoms. The minimum atomic E-state index is 0.109. The molecule has 0 bridgehead atoms. The van der Waals surface area contributed by atoms with E-state index in [2.05, 4.69) is 31.2 Å². The van der Waals surface area contributed by atoms with Crippen molar-refractivity contribution in [2.45, 2.75) is 26.2 Å². The second kappa shape index (κ2) is 6.39. The lowest BCUT2D eigenvalue weighted by atomic mass is 10.1. The van der Waals surface area contributed by atoms with Crippen LogP contribution in [0.1, 0.15) is 30.9 Å². The van der Waals surface area contributed by atoms with E-state index in [1.165, 1.54) is 24.8 Å². The smallest absolute Gasteiger partial charge is 0.0615 e. The van der Waals surface area contributed by atoms with Crippen LogP contribution in [-0.2, 0) is 6.42 Å². The average molecular weight is 190 g/mol. The van der Waals surface area contributed by atoms with E-state index in [1.807, 2.05) is 6.08 Å². The van der Waals surface area contributed by atoms with Crippen LogP contribution in [0.15, 0.2) is 30.3 Å². The first kappa shape index (κ1) is 11.0. The van der Waals surface area contributed by atoms with Crippen molar-refractivity contribution in [2.75, 3.05) is 6.61 Å². The molecular weight excluding hydrogens is 172 g/mol. The van der Waals surface area contributed by atoms with Gasteiger partial charge in [0.05, 0.1) is 6.61 Å². The van der Waals surface area contributed by atoms with Gasteiger partial charge in [-0.1, -0.05) is 49.8 Å². The molecule has 1 N–H and O–H groups in total. The predicted octanol–water partition coefficient (Wildman–Crippen LogP) is 3.03. The van der Waals surface area contributed by atoms with Gasteiger partial charge in [0.1, 0.15) is 0 Å². The van der Waals surface area contributed by atoms with Crippen molar-refractivity contribution in [3.05, 3.63) is 41.5 Å². The molecule has 0 heterocycles. The van der Waals surface area contributed by atoms with Gasteiger partial charge in [-0.15, -0.1) is 0 Å². The van der Waals surface area contributed by atoms with Gasteiger partial charge < -0.3 is 5.11 Å². The van der Waals surface area contributed by atoms with Crippen molar-refractivity contribution in [3.63, 3.8) is 0 Å². The fraction of sp³-hybridized carbons (Fsp3) is 0.385. The fourth-order valence-corrected chi connectivity index (χ4v) is 1.37. The number of unbranched alkanes of at least 4 members (excludes halogenated alkanes) is 1. The first-order valence-electron chi connectivity index (χ1n) is 5.23. The standard InChI is InChI=1S/C13H18O/c1-2-3-5-12-7-9-13(10-8-12)6-4-11-14/h4,6-10,14H,2-3,5,11H2,1H3. The minimum absolute atomic E-state index is 0.109. The number of aliphatic hydroxyl groups is 1. The van der Waals surface area contributed by atoms with E-state index < -0.39 is 0 Å². The van der Waals surface area contributed by atoms with E-state index in [0.29, 0.717) is 0 Å². The summed E-state index contributed by atoms with van der Waals surface area (Å²) in [5.41, 5.74) is 2.55. The van der Waals surface area contributed by atoms with Crippen LogP contribution in [0.25, 0.3) is 6.08 Å². The first-order valence-corrected chi connectivity index (χ1v) is 5.23. The summed E-state index contributed by atoms with van der Waals surface area (Å²) >= 11 is 0. The van der Waals surface area contributed by atoms with E-state index >= 15 is 0 Å². The van der Waals surface area contributed by atoms with Gasteiger partial charge in [-0.3, -0.25) is 0 Å². The molecule has 1 aromatic rings. The number of aryl methyl sites for hydroxylation is 1. The summed E-state index contributed by atoms with van der Waals surface area (Å²) in [5.74, 6) is 0. The van der Waals surface area contributed by atoms with Crippen LogP contribution in [-0.4, -0.2) is 11.7 Å². The lowest BCUT2D eigenvalue weighted by Gasteiger charge is -2.00. The van der Waals surface area contributed by atoms with Gasteiger partial charge in [0.2, 0.25) is 0 Å². The van der Waals surface area contributed by atoms with E-state index in [4.69, 9.17) is 5.11 Å². The highest BCUT2D eigenvalue weighted by atomic mass is 16.2. The third-order valence-corrected chi connectivity index (χ3v) is 2.21. The molecule has 0 saturated heterocycles. The van der Waals surface area contributed by atoms with Crippen molar-refractivity contribution < 1.29 is 5.11 Å². The summed E-state index contributed by atoms with van der Waals surface area (Å²) in [6.07, 6.45) is 7.35. The van der Waals surface area contributed by atoms with E-state index in [1.54, 1.807) is 6.08 Å². The normalized spacial score (nSPS) is 11.0. The Labute approximate surface area is 86.1 Å². The van der Waals surface area contributed by atoms with Crippen LogP contribution in [0.5, 0.6) is 0 Å². The number of rotatable bonds is 5. The predicted molar refractivity (Wildman–Crippen MR) is 61.2 cm³/mol. The van der Waals surface area contributed by atoms with Gasteiger partial charge in [0.15, 0.2) is 0 Å². The van der Waals surface area contributed by atoms with Gasteiger partial charge in [-0.05, 0) is 24.0 Å². The number of hydrogen-bond donors (Lipinski definition) is 1. The molecule has 76 valence electrons. The van der Waals surface area contributed by atoms with Gasteiger partial charge in [-0.2, -0.15) is 0 Å². The monoisotopic (exact) mass is 190 g/mol. The summed E-state index contributed by atoms with van der Waals surface area (Å²) in [6, 6.07) is 8.51. The van der Waals surface area contributed by atoms with Crippen molar-refractivity contribution in [3.8, 4) is 0 Å². The quantitative estimate of drug-likeness (QED) is 0.756. The maximum Gasteiger partial charge on any atom is 0.0615 e. The van der Waals surface area contributed by atoms with E-state index in [0.717, 1.165) is 5.56 Å². The van der Waals surface area contributed by atoms with Crippen molar-refractivity contribution in [1.82, 2.24) is 0 Å². The Morgan fingerprint density at radius 3 is 2.50 bits per heavy atom. The highest BCUT2D eigenvalue weighted by Crippen LogP contribution is 2.08. The molecule has 1 nitrogen and oxygen atoms in total. The van der Waals surface area contributed by atoms with E-state index in [9.17, 15) is 0 Å². The van der Waals surface area contributed by atoms with Crippen molar-refractivity contribution >= 4 is 6.08 Å². The van der Waals surface area contributed by atoms with Gasteiger partial charge in [0, 0.05) is 0 Å². The Morgan fingerprint density at radius 1 is 1.21 bits per heavy atom.